The maximum atomic E-state index is 13.3. The van der Waals surface area contributed by atoms with E-state index in [9.17, 15) is 14.4 Å². The summed E-state index contributed by atoms with van der Waals surface area (Å²) in [5, 5.41) is 0. The van der Waals surface area contributed by atoms with Crippen molar-refractivity contribution in [3.63, 3.8) is 0 Å². The maximum Gasteiger partial charge on any atom is 0.302 e. The summed E-state index contributed by atoms with van der Waals surface area (Å²) in [6.07, 6.45) is 12.0. The lowest BCUT2D eigenvalue weighted by atomic mass is 9.32. The molecule has 0 radical (unpaired) electrons. The van der Waals surface area contributed by atoms with Gasteiger partial charge in [-0.25, -0.2) is 0 Å². The number of hydrogen-bond donors (Lipinski definition) is 0. The summed E-state index contributed by atoms with van der Waals surface area (Å²) >= 11 is 0. The van der Waals surface area contributed by atoms with Gasteiger partial charge < -0.3 is 4.74 Å². The Kier molecular flexibility index (Phi) is 6.01. The molecule has 200 valence electrons. The Morgan fingerprint density at radius 1 is 0.944 bits per heavy atom. The van der Waals surface area contributed by atoms with Crippen LogP contribution in [0.15, 0.2) is 12.2 Å². The van der Waals surface area contributed by atoms with E-state index in [1.165, 1.54) is 39.0 Å². The van der Waals surface area contributed by atoms with Gasteiger partial charge in [0, 0.05) is 13.3 Å². The summed E-state index contributed by atoms with van der Waals surface area (Å²) in [6.45, 7) is 18.1. The molecule has 5 fully saturated rings. The SMILES string of the molecule is C=C(C=O)C1CCC2(C)CCC3(C)C(CCC4C5(C)CCC(=O)C(C)(COC(C)=O)C5CCC43C)C12. The van der Waals surface area contributed by atoms with Gasteiger partial charge in [-0.3, -0.25) is 14.4 Å². The van der Waals surface area contributed by atoms with Crippen LogP contribution in [0.4, 0.5) is 0 Å². The second kappa shape index (κ2) is 8.27. The Bertz CT molecular complexity index is 985. The van der Waals surface area contributed by atoms with E-state index in [4.69, 9.17) is 4.74 Å². The summed E-state index contributed by atoms with van der Waals surface area (Å²) in [5.41, 5.74) is 1.08. The standard InChI is InChI=1S/C32H48O4/c1-20(18-33)22-10-13-28(3)16-17-31(6)23(27(22)28)8-9-25-29(4)14-12-26(35)30(5,19-36-21(2)34)24(29)11-15-32(25,31)7/h18,22-25,27H,1,8-17,19H2,2-7H3. The van der Waals surface area contributed by atoms with E-state index in [0.29, 0.717) is 35.5 Å². The molecule has 0 N–H and O–H groups in total. The van der Waals surface area contributed by atoms with E-state index >= 15 is 0 Å². The fraction of sp³-hybridized carbons (Fsp3) is 0.844. The average Bonchev–Trinajstić information content (AvgIpc) is 3.18. The Morgan fingerprint density at radius 2 is 1.67 bits per heavy atom. The van der Waals surface area contributed by atoms with E-state index in [1.807, 2.05) is 0 Å². The lowest BCUT2D eigenvalue weighted by Crippen LogP contribution is -2.66. The lowest BCUT2D eigenvalue weighted by Gasteiger charge is -2.72. The Balaban J connectivity index is 1.51. The van der Waals surface area contributed by atoms with Gasteiger partial charge in [-0.2, -0.15) is 0 Å². The zero-order valence-corrected chi connectivity index (χ0v) is 23.6. The largest absolute Gasteiger partial charge is 0.465 e. The topological polar surface area (TPSA) is 60.4 Å². The van der Waals surface area contributed by atoms with Crippen LogP contribution < -0.4 is 0 Å². The monoisotopic (exact) mass is 496 g/mol. The molecule has 5 aliphatic carbocycles. The number of ether oxygens (including phenoxy) is 1. The number of fused-ring (bicyclic) bond motifs is 7. The first kappa shape index (κ1) is 26.2. The molecule has 0 heterocycles. The molecule has 0 amide bonds. The molecule has 0 aromatic heterocycles. The molecule has 4 nitrogen and oxygen atoms in total. The molecule has 0 aromatic carbocycles. The Hall–Kier alpha value is -1.45. The maximum absolute atomic E-state index is 13.3. The van der Waals surface area contributed by atoms with Crippen LogP contribution in [0.25, 0.3) is 0 Å². The van der Waals surface area contributed by atoms with Gasteiger partial charge in [0.25, 0.3) is 0 Å². The van der Waals surface area contributed by atoms with Gasteiger partial charge in [-0.1, -0.05) is 34.3 Å². The van der Waals surface area contributed by atoms with Crippen LogP contribution in [0, 0.1) is 56.7 Å². The van der Waals surface area contributed by atoms with Gasteiger partial charge in [0.05, 0.1) is 5.41 Å². The predicted octanol–water partition coefficient (Wildman–Crippen LogP) is 6.96. The summed E-state index contributed by atoms with van der Waals surface area (Å²) in [7, 11) is 0. The molecule has 5 saturated carbocycles. The van der Waals surface area contributed by atoms with Crippen molar-refractivity contribution >= 4 is 18.0 Å². The van der Waals surface area contributed by atoms with Crippen LogP contribution in [-0.4, -0.2) is 24.6 Å². The van der Waals surface area contributed by atoms with E-state index in [1.54, 1.807) is 0 Å². The number of esters is 1. The fourth-order valence-corrected chi connectivity index (χ4v) is 11.5. The van der Waals surface area contributed by atoms with Crippen LogP contribution in [0.5, 0.6) is 0 Å². The van der Waals surface area contributed by atoms with Gasteiger partial charge in [-0.15, -0.1) is 0 Å². The van der Waals surface area contributed by atoms with Crippen molar-refractivity contribution in [2.45, 2.75) is 106 Å². The minimum atomic E-state index is -0.582. The average molecular weight is 497 g/mol. The van der Waals surface area contributed by atoms with Crippen LogP contribution in [0.2, 0.25) is 0 Å². The molecule has 0 spiro atoms. The third-order valence-corrected chi connectivity index (χ3v) is 13.6. The quantitative estimate of drug-likeness (QED) is 0.240. The highest BCUT2D eigenvalue weighted by Gasteiger charge is 2.70. The number of rotatable bonds is 4. The number of carbonyl (C=O) groups is 3. The lowest BCUT2D eigenvalue weighted by molar-refractivity contribution is -0.236. The molecule has 0 aliphatic heterocycles. The van der Waals surface area contributed by atoms with Crippen molar-refractivity contribution in [3.05, 3.63) is 12.2 Å². The van der Waals surface area contributed by atoms with Gasteiger partial charge in [0.2, 0.25) is 0 Å². The number of ketones is 1. The van der Waals surface area contributed by atoms with Crippen LogP contribution in [0.1, 0.15) is 106 Å². The third kappa shape index (κ3) is 3.27. The molecule has 10 atom stereocenters. The zero-order chi connectivity index (χ0) is 26.3. The highest BCUT2D eigenvalue weighted by molar-refractivity contribution is 5.86. The second-order valence-corrected chi connectivity index (χ2v) is 14.8. The van der Waals surface area contributed by atoms with Gasteiger partial charge in [-0.05, 0) is 122 Å². The van der Waals surface area contributed by atoms with E-state index in [2.05, 4.69) is 41.2 Å². The van der Waals surface area contributed by atoms with Crippen molar-refractivity contribution in [3.8, 4) is 0 Å². The molecule has 0 bridgehead atoms. The van der Waals surface area contributed by atoms with E-state index in [0.717, 1.165) is 37.5 Å². The minimum Gasteiger partial charge on any atom is -0.465 e. The predicted molar refractivity (Wildman–Crippen MR) is 141 cm³/mol. The molecular weight excluding hydrogens is 448 g/mol. The highest BCUT2D eigenvalue weighted by atomic mass is 16.5. The minimum absolute atomic E-state index is 0.0754. The molecule has 5 rings (SSSR count). The number of allylic oxidation sites excluding steroid dienone is 1. The molecule has 0 saturated heterocycles. The Labute approximate surface area is 218 Å². The first-order chi connectivity index (χ1) is 16.8. The first-order valence-corrected chi connectivity index (χ1v) is 14.6. The van der Waals surface area contributed by atoms with Crippen molar-refractivity contribution < 1.29 is 19.1 Å². The third-order valence-electron chi connectivity index (χ3n) is 13.6. The summed E-state index contributed by atoms with van der Waals surface area (Å²) < 4.78 is 5.52. The van der Waals surface area contributed by atoms with Crippen LogP contribution in [-0.2, 0) is 19.1 Å². The normalized spacial score (nSPS) is 51.8. The van der Waals surface area contributed by atoms with Gasteiger partial charge in [0.1, 0.15) is 18.7 Å². The Morgan fingerprint density at radius 3 is 2.33 bits per heavy atom. The smallest absolute Gasteiger partial charge is 0.302 e. The molecule has 10 unspecified atom stereocenters. The molecular formula is C32H48O4. The molecule has 5 aliphatic rings. The van der Waals surface area contributed by atoms with E-state index in [-0.39, 0.29) is 40.5 Å². The van der Waals surface area contributed by atoms with Crippen LogP contribution >= 0.6 is 0 Å². The number of Topliss-reactive ketones (excluding diaryl/α,β-unsaturated/α-hetero) is 1. The summed E-state index contributed by atoms with van der Waals surface area (Å²) in [5.74, 6) is 2.32. The van der Waals surface area contributed by atoms with Gasteiger partial charge >= 0.3 is 5.97 Å². The zero-order valence-electron chi connectivity index (χ0n) is 23.6. The van der Waals surface area contributed by atoms with Crippen molar-refractivity contribution in [2.24, 2.45) is 56.7 Å². The molecule has 4 heteroatoms. The summed E-state index contributed by atoms with van der Waals surface area (Å²) in [4.78, 5) is 36.8. The number of hydrogen-bond acceptors (Lipinski definition) is 4. The summed E-state index contributed by atoms with van der Waals surface area (Å²) in [6, 6.07) is 0. The number of aldehydes is 1. The highest BCUT2D eigenvalue weighted by Crippen LogP contribution is 2.77. The van der Waals surface area contributed by atoms with Gasteiger partial charge in [0.15, 0.2) is 0 Å². The first-order valence-electron chi connectivity index (χ1n) is 14.6. The fourth-order valence-electron chi connectivity index (χ4n) is 11.5. The number of carbonyl (C=O) groups excluding carboxylic acids is 3. The van der Waals surface area contributed by atoms with E-state index < -0.39 is 5.41 Å². The van der Waals surface area contributed by atoms with Crippen molar-refractivity contribution in [1.82, 2.24) is 0 Å². The second-order valence-electron chi connectivity index (χ2n) is 14.8. The van der Waals surface area contributed by atoms with Crippen molar-refractivity contribution in [1.29, 1.82) is 0 Å². The van der Waals surface area contributed by atoms with Crippen LogP contribution in [0.3, 0.4) is 0 Å². The molecule has 36 heavy (non-hydrogen) atoms. The molecule has 0 aromatic rings. The van der Waals surface area contributed by atoms with Crippen molar-refractivity contribution in [2.75, 3.05) is 6.61 Å².